The molecule has 4 heteroatoms. The molecule has 0 saturated heterocycles. The van der Waals surface area contributed by atoms with Gasteiger partial charge in [-0.15, -0.1) is 0 Å². The van der Waals surface area contributed by atoms with E-state index < -0.39 is 0 Å². The second-order valence-electron chi connectivity index (χ2n) is 6.56. The number of carbonyl (C=O) groups excluding carboxylic acids is 1. The van der Waals surface area contributed by atoms with Gasteiger partial charge in [0.25, 0.3) is 0 Å². The number of benzene rings is 1. The van der Waals surface area contributed by atoms with Crippen LogP contribution in [0.15, 0.2) is 30.3 Å². The van der Waals surface area contributed by atoms with Crippen molar-refractivity contribution in [2.24, 2.45) is 5.73 Å². The third-order valence-corrected chi connectivity index (χ3v) is 4.93. The van der Waals surface area contributed by atoms with Gasteiger partial charge in [0.15, 0.2) is 0 Å². The van der Waals surface area contributed by atoms with Gasteiger partial charge >= 0.3 is 0 Å². The molecule has 1 fully saturated rings. The maximum atomic E-state index is 11.1. The van der Waals surface area contributed by atoms with Crippen molar-refractivity contribution in [1.29, 1.82) is 0 Å². The summed E-state index contributed by atoms with van der Waals surface area (Å²) in [7, 11) is 4.29. The molecule has 0 bridgehead atoms. The molecule has 1 amide bonds. The molecule has 0 aliphatic heterocycles. The molecule has 116 valence electrons. The maximum Gasteiger partial charge on any atom is 0.216 e. The van der Waals surface area contributed by atoms with Crippen LogP contribution < -0.4 is 11.1 Å². The van der Waals surface area contributed by atoms with Crippen LogP contribution in [0.3, 0.4) is 0 Å². The van der Waals surface area contributed by atoms with E-state index in [1.54, 1.807) is 6.92 Å². The standard InChI is InChI=1S/C17H27N3O/c1-14(21)19-13-16(18)9-11-17(12-10-16,20(2)3)15-7-5-4-6-8-15/h4-8H,9-13,18H2,1-3H3,(H,19,21)/t16-,17+. The van der Waals surface area contributed by atoms with Crippen molar-refractivity contribution in [3.05, 3.63) is 35.9 Å². The number of hydrogen-bond acceptors (Lipinski definition) is 3. The first-order valence-corrected chi connectivity index (χ1v) is 7.64. The largest absolute Gasteiger partial charge is 0.355 e. The number of carbonyl (C=O) groups is 1. The Balaban J connectivity index is 2.13. The molecule has 21 heavy (non-hydrogen) atoms. The highest BCUT2D eigenvalue weighted by molar-refractivity contribution is 5.72. The molecule has 1 aliphatic carbocycles. The van der Waals surface area contributed by atoms with Crippen molar-refractivity contribution in [2.75, 3.05) is 20.6 Å². The van der Waals surface area contributed by atoms with Crippen molar-refractivity contribution in [3.63, 3.8) is 0 Å². The molecule has 1 aliphatic rings. The lowest BCUT2D eigenvalue weighted by atomic mass is 9.69. The van der Waals surface area contributed by atoms with Gasteiger partial charge in [0.1, 0.15) is 0 Å². The highest BCUT2D eigenvalue weighted by atomic mass is 16.1. The fourth-order valence-corrected chi connectivity index (χ4v) is 3.38. The molecule has 1 saturated carbocycles. The normalized spacial score (nSPS) is 29.4. The third-order valence-electron chi connectivity index (χ3n) is 4.93. The van der Waals surface area contributed by atoms with Gasteiger partial charge in [-0.05, 0) is 45.3 Å². The molecule has 0 spiro atoms. The Bertz CT molecular complexity index is 476. The van der Waals surface area contributed by atoms with Crippen molar-refractivity contribution in [1.82, 2.24) is 10.2 Å². The summed E-state index contributed by atoms with van der Waals surface area (Å²) in [4.78, 5) is 13.4. The van der Waals surface area contributed by atoms with Gasteiger partial charge in [-0.25, -0.2) is 0 Å². The fourth-order valence-electron chi connectivity index (χ4n) is 3.38. The maximum absolute atomic E-state index is 11.1. The lowest BCUT2D eigenvalue weighted by Gasteiger charge is -2.49. The molecule has 1 aromatic carbocycles. The van der Waals surface area contributed by atoms with Crippen LogP contribution in [0.4, 0.5) is 0 Å². The van der Waals surface area contributed by atoms with Gasteiger partial charge < -0.3 is 11.1 Å². The van der Waals surface area contributed by atoms with E-state index in [1.165, 1.54) is 5.56 Å². The van der Waals surface area contributed by atoms with Crippen molar-refractivity contribution in [2.45, 2.75) is 43.7 Å². The van der Waals surface area contributed by atoms with Crippen LogP contribution in [-0.2, 0) is 10.3 Å². The first kappa shape index (κ1) is 16.0. The van der Waals surface area contributed by atoms with Crippen LogP contribution in [-0.4, -0.2) is 37.0 Å². The molecule has 0 unspecified atom stereocenters. The topological polar surface area (TPSA) is 58.4 Å². The van der Waals surface area contributed by atoms with Gasteiger partial charge in [-0.3, -0.25) is 9.69 Å². The van der Waals surface area contributed by atoms with Gasteiger partial charge in [-0.2, -0.15) is 0 Å². The lowest BCUT2D eigenvalue weighted by Crippen LogP contribution is -2.57. The van der Waals surface area contributed by atoms with Crippen LogP contribution in [0.25, 0.3) is 0 Å². The van der Waals surface area contributed by atoms with E-state index in [9.17, 15) is 4.79 Å². The van der Waals surface area contributed by atoms with Gasteiger partial charge in [0, 0.05) is 24.5 Å². The van der Waals surface area contributed by atoms with E-state index in [-0.39, 0.29) is 17.0 Å². The van der Waals surface area contributed by atoms with Gasteiger partial charge in [-0.1, -0.05) is 30.3 Å². The van der Waals surface area contributed by atoms with Crippen LogP contribution in [0.5, 0.6) is 0 Å². The molecule has 2 rings (SSSR count). The highest BCUT2D eigenvalue weighted by Gasteiger charge is 2.43. The third kappa shape index (κ3) is 3.44. The summed E-state index contributed by atoms with van der Waals surface area (Å²) in [6, 6.07) is 10.7. The SMILES string of the molecule is CC(=O)NC[C@]1(N)CC[C@@](c2ccccc2)(N(C)C)CC1. The molecule has 0 atom stereocenters. The summed E-state index contributed by atoms with van der Waals surface area (Å²) in [6.07, 6.45) is 3.86. The Morgan fingerprint density at radius 1 is 1.19 bits per heavy atom. The molecule has 3 N–H and O–H groups in total. The van der Waals surface area contributed by atoms with E-state index in [4.69, 9.17) is 5.73 Å². The minimum absolute atomic E-state index is 0.00710. The van der Waals surface area contributed by atoms with Crippen LogP contribution in [0, 0.1) is 0 Å². The number of nitrogens with two attached hydrogens (primary N) is 1. The van der Waals surface area contributed by atoms with Gasteiger partial charge in [0.05, 0.1) is 0 Å². The molecule has 4 nitrogen and oxygen atoms in total. The second-order valence-corrected chi connectivity index (χ2v) is 6.56. The first-order valence-electron chi connectivity index (χ1n) is 7.64. The van der Waals surface area contributed by atoms with Crippen molar-refractivity contribution >= 4 is 5.91 Å². The molecular formula is C17H27N3O. The molecule has 0 aromatic heterocycles. The number of rotatable bonds is 4. The van der Waals surface area contributed by atoms with Crippen LogP contribution in [0.2, 0.25) is 0 Å². The van der Waals surface area contributed by atoms with Crippen LogP contribution >= 0.6 is 0 Å². The first-order chi connectivity index (χ1) is 9.88. The minimum Gasteiger partial charge on any atom is -0.355 e. The molecule has 0 radical (unpaired) electrons. The predicted octanol–water partition coefficient (Wildman–Crippen LogP) is 1.85. The Morgan fingerprint density at radius 3 is 2.24 bits per heavy atom. The molecular weight excluding hydrogens is 262 g/mol. The average Bonchev–Trinajstić information content (AvgIpc) is 2.47. The number of nitrogens with one attached hydrogen (secondary N) is 1. The smallest absolute Gasteiger partial charge is 0.216 e. The quantitative estimate of drug-likeness (QED) is 0.889. The summed E-state index contributed by atoms with van der Waals surface area (Å²) in [5.41, 5.74) is 7.61. The monoisotopic (exact) mass is 289 g/mol. The number of amides is 1. The zero-order valence-electron chi connectivity index (χ0n) is 13.4. The van der Waals surface area contributed by atoms with E-state index in [1.807, 2.05) is 0 Å². The Labute approximate surface area is 127 Å². The van der Waals surface area contributed by atoms with Crippen molar-refractivity contribution in [3.8, 4) is 0 Å². The number of nitrogens with zero attached hydrogens (tertiary/aromatic N) is 1. The summed E-state index contributed by atoms with van der Waals surface area (Å²) in [5.74, 6) is -0.00710. The molecule has 0 heterocycles. The van der Waals surface area contributed by atoms with Gasteiger partial charge in [0.2, 0.25) is 5.91 Å². The summed E-state index contributed by atoms with van der Waals surface area (Å²) >= 11 is 0. The highest BCUT2D eigenvalue weighted by Crippen LogP contribution is 2.43. The van der Waals surface area contributed by atoms with E-state index >= 15 is 0 Å². The van der Waals surface area contributed by atoms with E-state index in [0.717, 1.165) is 25.7 Å². The average molecular weight is 289 g/mol. The minimum atomic E-state index is -0.278. The summed E-state index contributed by atoms with van der Waals surface area (Å²) in [6.45, 7) is 2.11. The van der Waals surface area contributed by atoms with Crippen LogP contribution in [0.1, 0.15) is 38.2 Å². The summed E-state index contributed by atoms with van der Waals surface area (Å²) < 4.78 is 0. The Hall–Kier alpha value is -1.39. The molecule has 1 aromatic rings. The van der Waals surface area contributed by atoms with Crippen molar-refractivity contribution < 1.29 is 4.79 Å². The predicted molar refractivity (Wildman–Crippen MR) is 85.9 cm³/mol. The lowest BCUT2D eigenvalue weighted by molar-refractivity contribution is -0.119. The van der Waals surface area contributed by atoms with E-state index in [2.05, 4.69) is 54.6 Å². The Morgan fingerprint density at radius 2 is 1.76 bits per heavy atom. The fraction of sp³-hybridized carbons (Fsp3) is 0.588. The zero-order chi connectivity index (χ0) is 15.5. The number of hydrogen-bond donors (Lipinski definition) is 2. The Kier molecular flexibility index (Phi) is 4.69. The summed E-state index contributed by atoms with van der Waals surface area (Å²) in [5, 5.41) is 2.87. The zero-order valence-corrected chi connectivity index (χ0v) is 13.4. The van der Waals surface area contributed by atoms with E-state index in [0.29, 0.717) is 6.54 Å². The second kappa shape index (κ2) is 6.16.